The summed E-state index contributed by atoms with van der Waals surface area (Å²) < 4.78 is 20.6. The van der Waals surface area contributed by atoms with Crippen molar-refractivity contribution < 1.29 is 28.5 Å². The first-order valence-corrected chi connectivity index (χ1v) is 7.82. The normalized spacial score (nSPS) is 10.4. The summed E-state index contributed by atoms with van der Waals surface area (Å²) in [6, 6.07) is 12.3. The molecule has 0 saturated heterocycles. The van der Waals surface area contributed by atoms with E-state index in [0.717, 1.165) is 5.56 Å². The van der Waals surface area contributed by atoms with Gasteiger partial charge in [0, 0.05) is 11.6 Å². The zero-order valence-corrected chi connectivity index (χ0v) is 14.9. The second-order valence-electron chi connectivity index (χ2n) is 5.19. The predicted molar refractivity (Wildman–Crippen MR) is 96.9 cm³/mol. The molecule has 26 heavy (non-hydrogen) atoms. The minimum atomic E-state index is -0.602. The molecule has 2 aromatic rings. The van der Waals surface area contributed by atoms with Crippen molar-refractivity contribution >= 4 is 17.8 Å². The van der Waals surface area contributed by atoms with Crippen molar-refractivity contribution in [3.63, 3.8) is 0 Å². The molecule has 0 radical (unpaired) electrons. The lowest BCUT2D eigenvalue weighted by Crippen LogP contribution is -2.13. The Hall–Kier alpha value is -3.28. The minimum absolute atomic E-state index is 0.291. The molecule has 6 nitrogen and oxygen atoms in total. The zero-order chi connectivity index (χ0) is 18.9. The largest absolute Gasteiger partial charge is 0.493 e. The van der Waals surface area contributed by atoms with Gasteiger partial charge in [0.2, 0.25) is 11.5 Å². The number of hydrogen-bond donors (Lipinski definition) is 0. The first-order valence-electron chi connectivity index (χ1n) is 7.82. The number of hydrogen-bond acceptors (Lipinski definition) is 6. The van der Waals surface area contributed by atoms with Crippen LogP contribution in [-0.2, 0) is 9.53 Å². The molecule has 0 aliphatic heterocycles. The van der Waals surface area contributed by atoms with Crippen LogP contribution in [0.25, 0.3) is 6.08 Å². The van der Waals surface area contributed by atoms with Crippen molar-refractivity contribution in [3.8, 4) is 17.2 Å². The van der Waals surface area contributed by atoms with E-state index in [2.05, 4.69) is 0 Å². The van der Waals surface area contributed by atoms with Gasteiger partial charge >= 0.3 is 5.97 Å². The second-order valence-corrected chi connectivity index (χ2v) is 5.19. The van der Waals surface area contributed by atoms with Crippen LogP contribution >= 0.6 is 0 Å². The molecule has 0 aliphatic carbocycles. The summed E-state index contributed by atoms with van der Waals surface area (Å²) >= 11 is 0. The molecule has 0 bridgehead atoms. The second kappa shape index (κ2) is 9.27. The smallest absolute Gasteiger partial charge is 0.331 e. The molecule has 0 spiro atoms. The molecule has 0 aromatic heterocycles. The van der Waals surface area contributed by atoms with Gasteiger partial charge < -0.3 is 18.9 Å². The molecule has 2 rings (SSSR count). The fourth-order valence-corrected chi connectivity index (χ4v) is 2.24. The molecule has 2 aromatic carbocycles. The van der Waals surface area contributed by atoms with Crippen LogP contribution in [0, 0.1) is 0 Å². The zero-order valence-electron chi connectivity index (χ0n) is 14.9. The third-order valence-corrected chi connectivity index (χ3v) is 3.54. The lowest BCUT2D eigenvalue weighted by atomic mass is 10.1. The molecule has 0 fully saturated rings. The van der Waals surface area contributed by atoms with Crippen LogP contribution in [0.1, 0.15) is 15.9 Å². The summed E-state index contributed by atoms with van der Waals surface area (Å²) in [6.45, 7) is -0.392. The van der Waals surface area contributed by atoms with Crippen LogP contribution in [0.3, 0.4) is 0 Å². The molecule has 0 aliphatic rings. The van der Waals surface area contributed by atoms with Crippen LogP contribution in [0.5, 0.6) is 17.2 Å². The first kappa shape index (κ1) is 19.1. The molecule has 6 heteroatoms. The van der Waals surface area contributed by atoms with Crippen LogP contribution in [-0.4, -0.2) is 39.7 Å². The van der Waals surface area contributed by atoms with E-state index in [1.807, 2.05) is 30.3 Å². The number of methoxy groups -OCH3 is 3. The van der Waals surface area contributed by atoms with Gasteiger partial charge in [-0.05, 0) is 23.8 Å². The fraction of sp³-hybridized carbons (Fsp3) is 0.200. The topological polar surface area (TPSA) is 71.1 Å². The van der Waals surface area contributed by atoms with E-state index < -0.39 is 12.6 Å². The molecule has 0 heterocycles. The van der Waals surface area contributed by atoms with Gasteiger partial charge in [-0.25, -0.2) is 4.79 Å². The molecular formula is C20H20O6. The van der Waals surface area contributed by atoms with Crippen LogP contribution in [0.4, 0.5) is 0 Å². The molecule has 0 saturated carbocycles. The molecule has 0 N–H and O–H groups in total. The SMILES string of the molecule is COc1cc(C(=O)COC(=O)/C=C/c2ccccc2)cc(OC)c1OC. The number of benzene rings is 2. The number of carbonyl (C=O) groups excluding carboxylic acids is 2. The standard InChI is InChI=1S/C20H20O6/c1-23-17-11-15(12-18(24-2)20(17)25-3)16(21)13-26-19(22)10-9-14-7-5-4-6-8-14/h4-12H,13H2,1-3H3/b10-9+. The number of ether oxygens (including phenoxy) is 4. The van der Waals surface area contributed by atoms with E-state index >= 15 is 0 Å². The average Bonchev–Trinajstić information content (AvgIpc) is 2.69. The van der Waals surface area contributed by atoms with E-state index in [1.165, 1.54) is 39.5 Å². The number of esters is 1. The minimum Gasteiger partial charge on any atom is -0.493 e. The Balaban J connectivity index is 2.03. The van der Waals surface area contributed by atoms with E-state index in [-0.39, 0.29) is 5.78 Å². The molecule has 136 valence electrons. The van der Waals surface area contributed by atoms with Gasteiger partial charge in [0.25, 0.3) is 0 Å². The maximum absolute atomic E-state index is 12.3. The van der Waals surface area contributed by atoms with Crippen molar-refractivity contribution in [2.24, 2.45) is 0 Å². The number of rotatable bonds is 8. The quantitative estimate of drug-likeness (QED) is 0.411. The highest BCUT2D eigenvalue weighted by Crippen LogP contribution is 2.38. The van der Waals surface area contributed by atoms with Crippen LogP contribution < -0.4 is 14.2 Å². The first-order chi connectivity index (χ1) is 12.6. The maximum Gasteiger partial charge on any atom is 0.331 e. The lowest BCUT2D eigenvalue weighted by Gasteiger charge is -2.13. The Labute approximate surface area is 151 Å². The van der Waals surface area contributed by atoms with Crippen LogP contribution in [0.15, 0.2) is 48.5 Å². The summed E-state index contributed by atoms with van der Waals surface area (Å²) in [6.07, 6.45) is 2.89. The highest BCUT2D eigenvalue weighted by molar-refractivity contribution is 6.00. The van der Waals surface area contributed by atoms with Gasteiger partial charge in [-0.2, -0.15) is 0 Å². The molecule has 0 unspecified atom stereocenters. The van der Waals surface area contributed by atoms with Crippen molar-refractivity contribution in [2.45, 2.75) is 0 Å². The van der Waals surface area contributed by atoms with Gasteiger partial charge in [-0.15, -0.1) is 0 Å². The number of carbonyl (C=O) groups is 2. The van der Waals surface area contributed by atoms with E-state index in [9.17, 15) is 9.59 Å². The highest BCUT2D eigenvalue weighted by atomic mass is 16.5. The summed E-state index contributed by atoms with van der Waals surface area (Å²) in [7, 11) is 4.39. The van der Waals surface area contributed by atoms with E-state index in [0.29, 0.717) is 22.8 Å². The van der Waals surface area contributed by atoms with Crippen LogP contribution in [0.2, 0.25) is 0 Å². The summed E-state index contributed by atoms with van der Waals surface area (Å²) in [5.41, 5.74) is 1.15. The van der Waals surface area contributed by atoms with Crippen molar-refractivity contribution in [3.05, 3.63) is 59.7 Å². The summed E-state index contributed by atoms with van der Waals surface area (Å²) in [5.74, 6) is 0.102. The molecule has 0 atom stereocenters. The van der Waals surface area contributed by atoms with Gasteiger partial charge in [-0.3, -0.25) is 4.79 Å². The number of ketones is 1. The Morgan fingerprint density at radius 2 is 1.54 bits per heavy atom. The Morgan fingerprint density at radius 1 is 0.923 bits per heavy atom. The van der Waals surface area contributed by atoms with Gasteiger partial charge in [0.05, 0.1) is 21.3 Å². The number of Topliss-reactive ketones (excluding diaryl/α,β-unsaturated/α-hetero) is 1. The van der Waals surface area contributed by atoms with E-state index in [4.69, 9.17) is 18.9 Å². The Bertz CT molecular complexity index is 770. The summed E-state index contributed by atoms with van der Waals surface area (Å²) in [5, 5.41) is 0. The Kier molecular flexibility index (Phi) is 6.79. The molecular weight excluding hydrogens is 336 g/mol. The van der Waals surface area contributed by atoms with Crippen molar-refractivity contribution in [2.75, 3.05) is 27.9 Å². The van der Waals surface area contributed by atoms with Gasteiger partial charge in [-0.1, -0.05) is 30.3 Å². The highest BCUT2D eigenvalue weighted by Gasteiger charge is 2.17. The third kappa shape index (κ3) is 4.86. The summed E-state index contributed by atoms with van der Waals surface area (Å²) in [4.78, 5) is 24.1. The predicted octanol–water partition coefficient (Wildman–Crippen LogP) is 3.15. The maximum atomic E-state index is 12.3. The average molecular weight is 356 g/mol. The monoisotopic (exact) mass is 356 g/mol. The van der Waals surface area contributed by atoms with Gasteiger partial charge in [0.15, 0.2) is 18.1 Å². The molecule has 0 amide bonds. The van der Waals surface area contributed by atoms with E-state index in [1.54, 1.807) is 6.08 Å². The van der Waals surface area contributed by atoms with Crippen molar-refractivity contribution in [1.29, 1.82) is 0 Å². The fourth-order valence-electron chi connectivity index (χ4n) is 2.24. The Morgan fingerprint density at radius 3 is 2.08 bits per heavy atom. The van der Waals surface area contributed by atoms with Gasteiger partial charge in [0.1, 0.15) is 0 Å². The van der Waals surface area contributed by atoms with Crippen molar-refractivity contribution in [1.82, 2.24) is 0 Å². The third-order valence-electron chi connectivity index (χ3n) is 3.54. The lowest BCUT2D eigenvalue weighted by molar-refractivity contribution is -0.136.